The van der Waals surface area contributed by atoms with Crippen LogP contribution in [0.4, 0.5) is 11.4 Å². The summed E-state index contributed by atoms with van der Waals surface area (Å²) in [6.07, 6.45) is 5.74. The second-order valence-electron chi connectivity index (χ2n) is 5.77. The van der Waals surface area contributed by atoms with Gasteiger partial charge in [0, 0.05) is 18.2 Å². The van der Waals surface area contributed by atoms with Crippen LogP contribution in [0.15, 0.2) is 18.2 Å². The van der Waals surface area contributed by atoms with Gasteiger partial charge in [0.25, 0.3) is 5.69 Å². The molecule has 0 radical (unpaired) electrons. The maximum Gasteiger partial charge on any atom is 0.292 e. The first kappa shape index (κ1) is 15.3. The third-order valence-electron chi connectivity index (χ3n) is 4.55. The number of primary amides is 1. The summed E-state index contributed by atoms with van der Waals surface area (Å²) in [4.78, 5) is 21.9. The van der Waals surface area contributed by atoms with Crippen LogP contribution in [0.25, 0.3) is 0 Å². The van der Waals surface area contributed by atoms with Crippen molar-refractivity contribution >= 4 is 17.3 Å². The summed E-state index contributed by atoms with van der Waals surface area (Å²) in [6, 6.07) is 4.19. The predicted molar refractivity (Wildman–Crippen MR) is 81.3 cm³/mol. The summed E-state index contributed by atoms with van der Waals surface area (Å²) in [6.45, 7) is 2.84. The van der Waals surface area contributed by atoms with Crippen LogP contribution in [-0.2, 0) is 0 Å². The molecule has 1 saturated carbocycles. The minimum Gasteiger partial charge on any atom is -0.379 e. The number of carbonyl (C=O) groups is 1. The van der Waals surface area contributed by atoms with Crippen LogP contribution in [0, 0.1) is 15.5 Å². The van der Waals surface area contributed by atoms with E-state index in [1.807, 2.05) is 0 Å². The van der Waals surface area contributed by atoms with Crippen LogP contribution >= 0.6 is 0 Å². The fourth-order valence-electron chi connectivity index (χ4n) is 3.05. The van der Waals surface area contributed by atoms with Crippen molar-refractivity contribution in [1.29, 1.82) is 0 Å². The molecular weight excluding hydrogens is 270 g/mol. The molecule has 0 atom stereocenters. The Morgan fingerprint density at radius 2 is 2.10 bits per heavy atom. The highest BCUT2D eigenvalue weighted by Gasteiger charge is 2.32. The molecule has 1 fully saturated rings. The molecule has 0 bridgehead atoms. The minimum absolute atomic E-state index is 0.0238. The molecule has 2 rings (SSSR count). The standard InChI is InChI=1S/C15H21N3O3/c1-2-15(7-3-4-8-15)10-17-12-9-11(14(16)19)5-6-13(12)18(20)21/h5-6,9,17H,2-4,7-8,10H2,1H3,(H2,16,19). The normalized spacial score (nSPS) is 16.6. The number of benzene rings is 1. The maximum absolute atomic E-state index is 11.2. The minimum atomic E-state index is -0.584. The summed E-state index contributed by atoms with van der Waals surface area (Å²) in [5.41, 5.74) is 6.07. The van der Waals surface area contributed by atoms with E-state index in [2.05, 4.69) is 12.2 Å². The lowest BCUT2D eigenvalue weighted by Crippen LogP contribution is -2.26. The molecule has 21 heavy (non-hydrogen) atoms. The van der Waals surface area contributed by atoms with Gasteiger partial charge in [-0.25, -0.2) is 0 Å². The SMILES string of the molecule is CCC1(CNc2cc(C(N)=O)ccc2[N+](=O)[O-])CCCC1. The second-order valence-corrected chi connectivity index (χ2v) is 5.77. The van der Waals surface area contributed by atoms with E-state index in [9.17, 15) is 14.9 Å². The predicted octanol–water partition coefficient (Wildman–Crippen LogP) is 3.08. The average molecular weight is 291 g/mol. The number of carbonyl (C=O) groups excluding carboxylic acids is 1. The molecule has 1 aliphatic carbocycles. The summed E-state index contributed by atoms with van der Waals surface area (Å²) >= 11 is 0. The topological polar surface area (TPSA) is 98.3 Å². The van der Waals surface area contributed by atoms with Crippen molar-refractivity contribution in [2.75, 3.05) is 11.9 Å². The molecule has 1 aromatic rings. The van der Waals surface area contributed by atoms with E-state index < -0.39 is 10.8 Å². The summed E-state index contributed by atoms with van der Waals surface area (Å²) in [7, 11) is 0. The number of nitro benzene ring substituents is 1. The van der Waals surface area contributed by atoms with Crippen molar-refractivity contribution in [1.82, 2.24) is 0 Å². The van der Waals surface area contributed by atoms with E-state index >= 15 is 0 Å². The van der Waals surface area contributed by atoms with Gasteiger partial charge in [-0.05, 0) is 36.8 Å². The Labute approximate surface area is 123 Å². The maximum atomic E-state index is 11.2. The number of hydrogen-bond acceptors (Lipinski definition) is 4. The Hall–Kier alpha value is -2.11. The summed E-state index contributed by atoms with van der Waals surface area (Å²) < 4.78 is 0. The van der Waals surface area contributed by atoms with E-state index in [4.69, 9.17) is 5.73 Å². The lowest BCUT2D eigenvalue weighted by Gasteiger charge is -2.28. The molecule has 114 valence electrons. The number of rotatable bonds is 6. The van der Waals surface area contributed by atoms with Crippen LogP contribution in [0.1, 0.15) is 49.4 Å². The third-order valence-corrected chi connectivity index (χ3v) is 4.55. The fourth-order valence-corrected chi connectivity index (χ4v) is 3.05. The van der Waals surface area contributed by atoms with Crippen molar-refractivity contribution in [2.24, 2.45) is 11.1 Å². The van der Waals surface area contributed by atoms with Gasteiger partial charge in [-0.15, -0.1) is 0 Å². The van der Waals surface area contributed by atoms with Crippen molar-refractivity contribution in [3.63, 3.8) is 0 Å². The number of amides is 1. The molecule has 1 amide bonds. The Morgan fingerprint density at radius 1 is 1.43 bits per heavy atom. The van der Waals surface area contributed by atoms with Gasteiger partial charge in [-0.2, -0.15) is 0 Å². The molecule has 0 aromatic heterocycles. The van der Waals surface area contributed by atoms with Crippen LogP contribution in [0.2, 0.25) is 0 Å². The highest BCUT2D eigenvalue weighted by molar-refractivity contribution is 5.94. The summed E-state index contributed by atoms with van der Waals surface area (Å²) in [5, 5.41) is 14.3. The van der Waals surface area contributed by atoms with Gasteiger partial charge in [0.15, 0.2) is 0 Å². The molecular formula is C15H21N3O3. The molecule has 1 aliphatic rings. The number of nitro groups is 1. The first-order chi connectivity index (χ1) is 9.97. The number of hydrogen-bond donors (Lipinski definition) is 2. The monoisotopic (exact) mass is 291 g/mol. The number of nitrogens with zero attached hydrogens (tertiary/aromatic N) is 1. The van der Waals surface area contributed by atoms with Gasteiger partial charge in [-0.1, -0.05) is 19.8 Å². The van der Waals surface area contributed by atoms with E-state index in [1.165, 1.54) is 31.0 Å². The molecule has 0 spiro atoms. The van der Waals surface area contributed by atoms with Crippen LogP contribution in [0.5, 0.6) is 0 Å². The quantitative estimate of drug-likeness (QED) is 0.621. The van der Waals surface area contributed by atoms with Crippen molar-refractivity contribution in [3.05, 3.63) is 33.9 Å². The van der Waals surface area contributed by atoms with Gasteiger partial charge in [0.05, 0.1) is 4.92 Å². The highest BCUT2D eigenvalue weighted by atomic mass is 16.6. The smallest absolute Gasteiger partial charge is 0.292 e. The van der Waals surface area contributed by atoms with Crippen LogP contribution < -0.4 is 11.1 Å². The number of nitrogens with two attached hydrogens (primary N) is 1. The number of anilines is 1. The van der Waals surface area contributed by atoms with Crippen LogP contribution in [-0.4, -0.2) is 17.4 Å². The first-order valence-corrected chi connectivity index (χ1v) is 7.29. The molecule has 0 aliphatic heterocycles. The Balaban J connectivity index is 2.22. The molecule has 6 heteroatoms. The fraction of sp³-hybridized carbons (Fsp3) is 0.533. The average Bonchev–Trinajstić information content (AvgIpc) is 2.94. The van der Waals surface area contributed by atoms with E-state index in [0.29, 0.717) is 12.2 Å². The van der Waals surface area contributed by atoms with Crippen molar-refractivity contribution in [3.8, 4) is 0 Å². The Morgan fingerprint density at radius 3 is 2.62 bits per heavy atom. The Bertz CT molecular complexity index is 551. The van der Waals surface area contributed by atoms with Gasteiger partial charge < -0.3 is 11.1 Å². The van der Waals surface area contributed by atoms with Gasteiger partial charge in [-0.3, -0.25) is 14.9 Å². The zero-order chi connectivity index (χ0) is 15.5. The van der Waals surface area contributed by atoms with E-state index in [0.717, 1.165) is 19.3 Å². The lowest BCUT2D eigenvalue weighted by molar-refractivity contribution is -0.384. The van der Waals surface area contributed by atoms with E-state index in [-0.39, 0.29) is 16.7 Å². The van der Waals surface area contributed by atoms with Crippen molar-refractivity contribution < 1.29 is 9.72 Å². The van der Waals surface area contributed by atoms with Gasteiger partial charge >= 0.3 is 0 Å². The highest BCUT2D eigenvalue weighted by Crippen LogP contribution is 2.41. The second kappa shape index (κ2) is 6.11. The lowest BCUT2D eigenvalue weighted by atomic mass is 9.83. The molecule has 6 nitrogen and oxygen atoms in total. The zero-order valence-corrected chi connectivity index (χ0v) is 12.2. The number of nitrogens with one attached hydrogen (secondary N) is 1. The molecule has 0 unspecified atom stereocenters. The largest absolute Gasteiger partial charge is 0.379 e. The summed E-state index contributed by atoms with van der Waals surface area (Å²) in [5.74, 6) is -0.584. The Kier molecular flexibility index (Phi) is 4.45. The van der Waals surface area contributed by atoms with E-state index in [1.54, 1.807) is 0 Å². The third kappa shape index (κ3) is 3.32. The molecule has 0 heterocycles. The molecule has 0 saturated heterocycles. The van der Waals surface area contributed by atoms with Gasteiger partial charge in [0.2, 0.25) is 5.91 Å². The van der Waals surface area contributed by atoms with Gasteiger partial charge in [0.1, 0.15) is 5.69 Å². The zero-order valence-electron chi connectivity index (χ0n) is 12.2. The first-order valence-electron chi connectivity index (χ1n) is 7.29. The van der Waals surface area contributed by atoms with Crippen molar-refractivity contribution in [2.45, 2.75) is 39.0 Å². The molecule has 1 aromatic carbocycles. The molecule has 3 N–H and O–H groups in total. The van der Waals surface area contributed by atoms with Crippen LogP contribution in [0.3, 0.4) is 0 Å².